The zero-order chi connectivity index (χ0) is 13.8. The molecule has 0 N–H and O–H groups in total. The third-order valence-corrected chi connectivity index (χ3v) is 3.22. The van der Waals surface area contributed by atoms with Crippen LogP contribution in [0.5, 0.6) is 0 Å². The summed E-state index contributed by atoms with van der Waals surface area (Å²) in [6.07, 6.45) is 0.751. The third kappa shape index (κ3) is 2.92. The molecular weight excluding hydrogens is 249 g/mol. The van der Waals surface area contributed by atoms with Crippen LogP contribution >= 0.6 is 0 Å². The summed E-state index contributed by atoms with van der Waals surface area (Å²) in [5.74, 6) is -0.886. The summed E-state index contributed by atoms with van der Waals surface area (Å²) in [5.41, 5.74) is 0.605. The highest BCUT2D eigenvalue weighted by atomic mass is 19.1. The average Bonchev–Trinajstić information content (AvgIpc) is 2.46. The molecule has 5 heteroatoms. The molecule has 0 bridgehead atoms. The monoisotopic (exact) mass is 265 g/mol. The first-order chi connectivity index (χ1) is 9.13. The van der Waals surface area contributed by atoms with Gasteiger partial charge in [-0.25, -0.2) is 9.18 Å². The average molecular weight is 265 g/mol. The SMILES string of the molecule is COC(=O)c1cccc(C(=O)N2CCCCC2F)c1. The van der Waals surface area contributed by atoms with E-state index < -0.39 is 12.3 Å². The molecule has 0 aliphatic carbocycles. The minimum absolute atomic E-state index is 0.292. The predicted octanol–water partition coefficient (Wildman–Crippen LogP) is 2.39. The van der Waals surface area contributed by atoms with Crippen molar-refractivity contribution in [3.8, 4) is 0 Å². The molecule has 1 amide bonds. The second-order valence-electron chi connectivity index (χ2n) is 4.50. The number of methoxy groups -OCH3 is 1. The molecule has 1 aromatic carbocycles. The fraction of sp³-hybridized carbons (Fsp3) is 0.429. The molecule has 19 heavy (non-hydrogen) atoms. The molecule has 1 unspecified atom stereocenters. The van der Waals surface area contributed by atoms with Gasteiger partial charge in [0.15, 0.2) is 6.30 Å². The molecule has 4 nitrogen and oxygen atoms in total. The number of halogens is 1. The van der Waals surface area contributed by atoms with Gasteiger partial charge in [-0.15, -0.1) is 0 Å². The lowest BCUT2D eigenvalue weighted by Gasteiger charge is -2.30. The Morgan fingerprint density at radius 2 is 2.05 bits per heavy atom. The van der Waals surface area contributed by atoms with Gasteiger partial charge in [0, 0.05) is 12.1 Å². The van der Waals surface area contributed by atoms with E-state index >= 15 is 0 Å². The van der Waals surface area contributed by atoms with Gasteiger partial charge in [0.2, 0.25) is 0 Å². The quantitative estimate of drug-likeness (QED) is 0.609. The Labute approximate surface area is 111 Å². The Hall–Kier alpha value is -1.91. The summed E-state index contributed by atoms with van der Waals surface area (Å²) in [4.78, 5) is 24.8. The Kier molecular flexibility index (Phi) is 4.14. The number of ether oxygens (including phenoxy) is 1. The number of carbonyl (C=O) groups is 2. The van der Waals surface area contributed by atoms with Gasteiger partial charge in [0.1, 0.15) is 0 Å². The largest absolute Gasteiger partial charge is 0.465 e. The van der Waals surface area contributed by atoms with Crippen LogP contribution in [0.15, 0.2) is 24.3 Å². The fourth-order valence-corrected chi connectivity index (χ4v) is 2.18. The molecule has 1 aromatic rings. The molecule has 0 radical (unpaired) electrons. The molecule has 1 atom stereocenters. The minimum Gasteiger partial charge on any atom is -0.465 e. The topological polar surface area (TPSA) is 46.6 Å². The van der Waals surface area contributed by atoms with Crippen LogP contribution in [0.4, 0.5) is 4.39 Å². The maximum Gasteiger partial charge on any atom is 0.337 e. The second-order valence-corrected chi connectivity index (χ2v) is 4.50. The number of carbonyl (C=O) groups excluding carboxylic acids is 2. The number of likely N-dealkylation sites (tertiary alicyclic amines) is 1. The third-order valence-electron chi connectivity index (χ3n) is 3.22. The molecule has 1 saturated heterocycles. The molecule has 1 aliphatic rings. The van der Waals surface area contributed by atoms with E-state index in [0.29, 0.717) is 24.1 Å². The van der Waals surface area contributed by atoms with E-state index in [0.717, 1.165) is 12.8 Å². The second kappa shape index (κ2) is 5.82. The van der Waals surface area contributed by atoms with Crippen molar-refractivity contribution in [2.75, 3.05) is 13.7 Å². The molecule has 1 heterocycles. The van der Waals surface area contributed by atoms with Crippen LogP contribution in [0.25, 0.3) is 0 Å². The lowest BCUT2D eigenvalue weighted by molar-refractivity contribution is 0.0322. The molecular formula is C14H16FNO3. The van der Waals surface area contributed by atoms with Crippen molar-refractivity contribution in [2.45, 2.75) is 25.6 Å². The Morgan fingerprint density at radius 1 is 1.32 bits per heavy atom. The fourth-order valence-electron chi connectivity index (χ4n) is 2.18. The summed E-state index contributed by atoms with van der Waals surface area (Å²) < 4.78 is 18.3. The van der Waals surface area contributed by atoms with Crippen LogP contribution in [-0.4, -0.2) is 36.7 Å². The Bertz CT molecular complexity index is 489. The van der Waals surface area contributed by atoms with Crippen LogP contribution in [0.1, 0.15) is 40.0 Å². The number of nitrogens with zero attached hydrogens (tertiary/aromatic N) is 1. The highest BCUT2D eigenvalue weighted by Gasteiger charge is 2.27. The van der Waals surface area contributed by atoms with E-state index in [1.54, 1.807) is 18.2 Å². The standard InChI is InChI=1S/C14H16FNO3/c1-19-14(18)11-6-4-5-10(9-11)13(17)16-8-3-2-7-12(16)15/h4-6,9,12H,2-3,7-8H2,1H3. The number of alkyl halides is 1. The van der Waals surface area contributed by atoms with Crippen LogP contribution in [0.3, 0.4) is 0 Å². The minimum atomic E-state index is -1.23. The molecule has 0 saturated carbocycles. The van der Waals surface area contributed by atoms with E-state index in [2.05, 4.69) is 4.74 Å². The van der Waals surface area contributed by atoms with E-state index in [1.165, 1.54) is 18.1 Å². The summed E-state index contributed by atoms with van der Waals surface area (Å²) in [6, 6.07) is 6.17. The van der Waals surface area contributed by atoms with Gasteiger partial charge in [0.25, 0.3) is 5.91 Å². The smallest absolute Gasteiger partial charge is 0.337 e. The van der Waals surface area contributed by atoms with E-state index in [4.69, 9.17) is 0 Å². The number of hydrogen-bond donors (Lipinski definition) is 0. The predicted molar refractivity (Wildman–Crippen MR) is 67.6 cm³/mol. The van der Waals surface area contributed by atoms with E-state index in [1.807, 2.05) is 0 Å². The van der Waals surface area contributed by atoms with E-state index in [-0.39, 0.29) is 5.91 Å². The molecule has 1 fully saturated rings. The number of piperidine rings is 1. The van der Waals surface area contributed by atoms with Crippen molar-refractivity contribution in [2.24, 2.45) is 0 Å². The number of hydrogen-bond acceptors (Lipinski definition) is 3. The summed E-state index contributed by atoms with van der Waals surface area (Å²) >= 11 is 0. The van der Waals surface area contributed by atoms with Crippen molar-refractivity contribution in [1.82, 2.24) is 4.90 Å². The van der Waals surface area contributed by atoms with E-state index in [9.17, 15) is 14.0 Å². The van der Waals surface area contributed by atoms with Crippen molar-refractivity contribution < 1.29 is 18.7 Å². The zero-order valence-corrected chi connectivity index (χ0v) is 10.8. The van der Waals surface area contributed by atoms with Crippen LogP contribution < -0.4 is 0 Å². The number of esters is 1. The van der Waals surface area contributed by atoms with Crippen molar-refractivity contribution in [3.05, 3.63) is 35.4 Å². The zero-order valence-electron chi connectivity index (χ0n) is 10.8. The molecule has 1 aliphatic heterocycles. The van der Waals surface area contributed by atoms with Gasteiger partial charge in [-0.2, -0.15) is 0 Å². The van der Waals surface area contributed by atoms with Gasteiger partial charge in [0.05, 0.1) is 12.7 Å². The van der Waals surface area contributed by atoms with Gasteiger partial charge in [-0.05, 0) is 37.5 Å². The summed E-state index contributed by atoms with van der Waals surface area (Å²) in [5, 5.41) is 0. The van der Waals surface area contributed by atoms with Gasteiger partial charge in [-0.3, -0.25) is 4.79 Å². The number of amides is 1. The maximum absolute atomic E-state index is 13.7. The maximum atomic E-state index is 13.7. The van der Waals surface area contributed by atoms with Crippen LogP contribution in [0, 0.1) is 0 Å². The Balaban J connectivity index is 2.21. The lowest BCUT2D eigenvalue weighted by atomic mass is 10.1. The van der Waals surface area contributed by atoms with Crippen molar-refractivity contribution in [3.63, 3.8) is 0 Å². The first-order valence-electron chi connectivity index (χ1n) is 6.27. The molecule has 102 valence electrons. The molecule has 2 rings (SSSR count). The van der Waals surface area contributed by atoms with Gasteiger partial charge in [-0.1, -0.05) is 6.07 Å². The van der Waals surface area contributed by atoms with Crippen LogP contribution in [-0.2, 0) is 4.74 Å². The highest BCUT2D eigenvalue weighted by molar-refractivity contribution is 5.98. The number of benzene rings is 1. The summed E-state index contributed by atoms with van der Waals surface area (Å²) in [7, 11) is 1.28. The van der Waals surface area contributed by atoms with Gasteiger partial charge >= 0.3 is 5.97 Å². The summed E-state index contributed by atoms with van der Waals surface area (Å²) in [6.45, 7) is 0.419. The first-order valence-corrected chi connectivity index (χ1v) is 6.27. The number of rotatable bonds is 2. The normalized spacial score (nSPS) is 19.1. The van der Waals surface area contributed by atoms with Gasteiger partial charge < -0.3 is 9.64 Å². The van der Waals surface area contributed by atoms with Crippen molar-refractivity contribution >= 4 is 11.9 Å². The first kappa shape index (κ1) is 13.5. The van der Waals surface area contributed by atoms with Crippen LogP contribution in [0.2, 0.25) is 0 Å². The Morgan fingerprint density at radius 3 is 2.74 bits per heavy atom. The highest BCUT2D eigenvalue weighted by Crippen LogP contribution is 2.20. The molecule has 0 aromatic heterocycles. The lowest BCUT2D eigenvalue weighted by Crippen LogP contribution is -2.41. The molecule has 0 spiro atoms. The van der Waals surface area contributed by atoms with Crippen molar-refractivity contribution in [1.29, 1.82) is 0 Å².